The Morgan fingerprint density at radius 3 is 2.46 bits per heavy atom. The molecule has 0 aliphatic heterocycles. The van der Waals surface area contributed by atoms with Crippen molar-refractivity contribution in [3.8, 4) is 0 Å². The average molecular weight is 363 g/mol. The third-order valence-electron chi connectivity index (χ3n) is 9.80. The number of hydrogen-bond donors (Lipinski definition) is 2. The van der Waals surface area contributed by atoms with E-state index < -0.39 is 11.6 Å². The smallest absolute Gasteiger partial charge is 0.306 e. The maximum Gasteiger partial charge on any atom is 0.306 e. The van der Waals surface area contributed by atoms with Crippen molar-refractivity contribution in [1.82, 2.24) is 0 Å². The minimum Gasteiger partial charge on any atom is -0.481 e. The summed E-state index contributed by atoms with van der Waals surface area (Å²) in [4.78, 5) is 23.5. The number of hydrogen-bond acceptors (Lipinski definition) is 3. The number of rotatable bonds is 2. The molecule has 0 aromatic rings. The molecular weight excluding hydrogens is 328 g/mol. The van der Waals surface area contributed by atoms with E-state index in [0.29, 0.717) is 41.8 Å². The summed E-state index contributed by atoms with van der Waals surface area (Å²) in [5, 5.41) is 20.6. The number of Topliss-reactive ketones (excluding diaryl/α,β-unsaturated/α-hetero) is 1. The zero-order valence-corrected chi connectivity index (χ0v) is 16.5. The molecule has 0 aromatic heterocycles. The van der Waals surface area contributed by atoms with E-state index in [1.807, 2.05) is 0 Å². The van der Waals surface area contributed by atoms with Crippen molar-refractivity contribution < 1.29 is 19.8 Å². The predicted octanol–water partition coefficient (Wildman–Crippen LogP) is 4.05. The van der Waals surface area contributed by atoms with Crippen molar-refractivity contribution in [2.45, 2.75) is 84.2 Å². The molecule has 4 aliphatic rings. The van der Waals surface area contributed by atoms with Crippen LogP contribution in [0.15, 0.2) is 0 Å². The first-order valence-electron chi connectivity index (χ1n) is 10.6. The van der Waals surface area contributed by atoms with Gasteiger partial charge < -0.3 is 10.2 Å². The van der Waals surface area contributed by atoms with Crippen LogP contribution >= 0.6 is 0 Å². The van der Waals surface area contributed by atoms with Gasteiger partial charge in [0.15, 0.2) is 0 Å². The Morgan fingerprint density at radius 2 is 1.77 bits per heavy atom. The van der Waals surface area contributed by atoms with Crippen molar-refractivity contribution in [2.24, 2.45) is 40.4 Å². The van der Waals surface area contributed by atoms with Gasteiger partial charge in [0.05, 0.1) is 12.0 Å². The summed E-state index contributed by atoms with van der Waals surface area (Å²) in [6.45, 7) is 6.87. The number of carboxylic acid groups (broad SMARTS) is 1. The monoisotopic (exact) mass is 362 g/mol. The van der Waals surface area contributed by atoms with Gasteiger partial charge in [-0.1, -0.05) is 20.8 Å². The van der Waals surface area contributed by atoms with Gasteiger partial charge >= 0.3 is 5.97 Å². The lowest BCUT2D eigenvalue weighted by Gasteiger charge is -2.62. The molecule has 0 spiro atoms. The Bertz CT molecular complexity index is 630. The first-order chi connectivity index (χ1) is 12.1. The number of ketones is 1. The Labute approximate surface area is 156 Å². The maximum atomic E-state index is 12.2. The molecule has 2 N–H and O–H groups in total. The van der Waals surface area contributed by atoms with E-state index in [4.69, 9.17) is 0 Å². The standard InChI is InChI=1S/C22H34O4/c1-13-10-15(23)11-14-4-5-16-17-7-9-22(26,12-19(24)25)20(17,2)8-6-18(16)21(13,14)3/h13-14,16-18,26H,4-12H2,1-3H3,(H,24,25)/t13?,14?,16-,17-,18+,20-,21-,22?/m0/s1. The van der Waals surface area contributed by atoms with Gasteiger partial charge in [-0.05, 0) is 78.9 Å². The molecule has 4 nitrogen and oxygen atoms in total. The SMILES string of the molecule is CC1CC(=O)CC2CC[C@@H]3[C@@H](CC[C@@]4(C)[C@H]3CCC4(O)CC(=O)O)[C@@]12C. The van der Waals surface area contributed by atoms with Crippen LogP contribution in [-0.2, 0) is 9.59 Å². The van der Waals surface area contributed by atoms with E-state index in [2.05, 4.69) is 20.8 Å². The lowest BCUT2D eigenvalue weighted by molar-refractivity contribution is -0.175. The van der Waals surface area contributed by atoms with Crippen LogP contribution in [0.1, 0.15) is 78.6 Å². The zero-order chi connectivity index (χ0) is 18.9. The fourth-order valence-electron chi connectivity index (χ4n) is 8.13. The Hall–Kier alpha value is -0.900. The van der Waals surface area contributed by atoms with Crippen molar-refractivity contribution in [3.05, 3.63) is 0 Å². The second kappa shape index (κ2) is 5.80. The molecule has 4 fully saturated rings. The lowest BCUT2D eigenvalue weighted by atomic mass is 9.42. The van der Waals surface area contributed by atoms with Gasteiger partial charge in [0.1, 0.15) is 5.78 Å². The molecule has 0 heterocycles. The highest BCUT2D eigenvalue weighted by atomic mass is 16.4. The van der Waals surface area contributed by atoms with E-state index in [1.54, 1.807) is 0 Å². The minimum atomic E-state index is -1.06. The number of aliphatic hydroxyl groups is 1. The molecule has 146 valence electrons. The van der Waals surface area contributed by atoms with E-state index >= 15 is 0 Å². The first kappa shape index (κ1) is 18.5. The molecule has 4 heteroatoms. The summed E-state index contributed by atoms with van der Waals surface area (Å²) < 4.78 is 0. The molecule has 8 atom stereocenters. The molecular formula is C22H34O4. The van der Waals surface area contributed by atoms with Crippen molar-refractivity contribution in [2.75, 3.05) is 0 Å². The van der Waals surface area contributed by atoms with Crippen LogP contribution in [0, 0.1) is 40.4 Å². The summed E-state index contributed by atoms with van der Waals surface area (Å²) in [5.41, 5.74) is -1.10. The minimum absolute atomic E-state index is 0.123. The van der Waals surface area contributed by atoms with E-state index in [1.165, 1.54) is 0 Å². The van der Waals surface area contributed by atoms with Gasteiger partial charge in [-0.2, -0.15) is 0 Å². The third-order valence-corrected chi connectivity index (χ3v) is 9.80. The molecule has 3 unspecified atom stereocenters. The fourth-order valence-corrected chi connectivity index (χ4v) is 8.13. The highest BCUT2D eigenvalue weighted by Crippen LogP contribution is 2.69. The molecule has 4 aliphatic carbocycles. The van der Waals surface area contributed by atoms with Crippen LogP contribution in [0.4, 0.5) is 0 Å². The second-order valence-electron chi connectivity index (χ2n) is 10.5. The molecule has 0 radical (unpaired) electrons. The van der Waals surface area contributed by atoms with Crippen LogP contribution in [0.3, 0.4) is 0 Å². The topological polar surface area (TPSA) is 74.6 Å². The first-order valence-corrected chi connectivity index (χ1v) is 10.6. The van der Waals surface area contributed by atoms with Crippen molar-refractivity contribution >= 4 is 11.8 Å². The van der Waals surface area contributed by atoms with Crippen LogP contribution in [0.2, 0.25) is 0 Å². The van der Waals surface area contributed by atoms with Gasteiger partial charge in [0, 0.05) is 12.8 Å². The number of fused-ring (bicyclic) bond motifs is 5. The zero-order valence-electron chi connectivity index (χ0n) is 16.5. The highest BCUT2D eigenvalue weighted by Gasteiger charge is 2.65. The Morgan fingerprint density at radius 1 is 1.08 bits per heavy atom. The summed E-state index contributed by atoms with van der Waals surface area (Å²) in [6, 6.07) is 0. The predicted molar refractivity (Wildman–Crippen MR) is 98.5 cm³/mol. The number of carbonyl (C=O) groups is 2. The average Bonchev–Trinajstić information content (AvgIpc) is 2.80. The summed E-state index contributed by atoms with van der Waals surface area (Å²) in [5.74, 6) is 2.13. The van der Waals surface area contributed by atoms with Crippen LogP contribution in [0.5, 0.6) is 0 Å². The largest absolute Gasteiger partial charge is 0.481 e. The summed E-state index contributed by atoms with van der Waals surface area (Å²) in [7, 11) is 0. The van der Waals surface area contributed by atoms with Gasteiger partial charge in [-0.3, -0.25) is 9.59 Å². The molecule has 0 bridgehead atoms. The Kier molecular flexibility index (Phi) is 4.12. The Balaban J connectivity index is 1.65. The van der Waals surface area contributed by atoms with Gasteiger partial charge in [-0.15, -0.1) is 0 Å². The summed E-state index contributed by atoms with van der Waals surface area (Å²) in [6.07, 6.45) is 7.20. The molecule has 4 saturated carbocycles. The van der Waals surface area contributed by atoms with Crippen LogP contribution in [0.25, 0.3) is 0 Å². The molecule has 4 rings (SSSR count). The van der Waals surface area contributed by atoms with Crippen molar-refractivity contribution in [1.29, 1.82) is 0 Å². The highest BCUT2D eigenvalue weighted by molar-refractivity contribution is 5.80. The normalized spacial score (nSPS) is 53.5. The lowest BCUT2D eigenvalue weighted by Crippen LogP contribution is -2.58. The number of carboxylic acids is 1. The molecule has 26 heavy (non-hydrogen) atoms. The molecule has 0 amide bonds. The van der Waals surface area contributed by atoms with Gasteiger partial charge in [0.25, 0.3) is 0 Å². The van der Waals surface area contributed by atoms with Crippen LogP contribution in [-0.4, -0.2) is 27.6 Å². The van der Waals surface area contributed by atoms with E-state index in [9.17, 15) is 19.8 Å². The van der Waals surface area contributed by atoms with Crippen LogP contribution < -0.4 is 0 Å². The number of aliphatic carboxylic acids is 1. The quantitative estimate of drug-likeness (QED) is 0.777. The third kappa shape index (κ3) is 2.30. The van der Waals surface area contributed by atoms with E-state index in [0.717, 1.165) is 44.9 Å². The second-order valence-corrected chi connectivity index (χ2v) is 10.5. The van der Waals surface area contributed by atoms with Crippen molar-refractivity contribution in [3.63, 3.8) is 0 Å². The van der Waals surface area contributed by atoms with Gasteiger partial charge in [-0.25, -0.2) is 0 Å². The van der Waals surface area contributed by atoms with E-state index in [-0.39, 0.29) is 17.3 Å². The molecule has 0 saturated heterocycles. The molecule has 0 aromatic carbocycles. The summed E-state index contributed by atoms with van der Waals surface area (Å²) >= 11 is 0. The maximum absolute atomic E-state index is 12.2. The fraction of sp³-hybridized carbons (Fsp3) is 0.909. The number of carbonyl (C=O) groups excluding carboxylic acids is 1. The van der Waals surface area contributed by atoms with Gasteiger partial charge in [0.2, 0.25) is 0 Å².